The van der Waals surface area contributed by atoms with Crippen molar-refractivity contribution in [2.75, 3.05) is 0 Å². The molecular formula is C17H15FN2O3S. The van der Waals surface area contributed by atoms with Crippen LogP contribution in [0.4, 0.5) is 4.39 Å². The first-order valence-corrected chi connectivity index (χ1v) is 8.15. The lowest BCUT2D eigenvalue weighted by atomic mass is 10.0. The Kier molecular flexibility index (Phi) is 4.73. The topological polar surface area (TPSA) is 75.4 Å². The summed E-state index contributed by atoms with van der Waals surface area (Å²) < 4.78 is 17.9. The number of nitrogens with one attached hydrogen (secondary N) is 1. The third-order valence-corrected chi connectivity index (χ3v) is 4.44. The van der Waals surface area contributed by atoms with Crippen molar-refractivity contribution < 1.29 is 18.7 Å². The average molecular weight is 346 g/mol. The van der Waals surface area contributed by atoms with Gasteiger partial charge >= 0.3 is 0 Å². The van der Waals surface area contributed by atoms with Crippen LogP contribution in [0.1, 0.15) is 29.1 Å². The number of rotatable bonds is 5. The van der Waals surface area contributed by atoms with E-state index in [9.17, 15) is 14.3 Å². The van der Waals surface area contributed by atoms with Crippen molar-refractivity contribution in [3.8, 4) is 10.6 Å². The molecule has 3 rings (SSSR count). The Morgan fingerprint density at radius 2 is 2.08 bits per heavy atom. The zero-order chi connectivity index (χ0) is 17.1. The molecule has 7 heteroatoms. The molecule has 3 aromatic rings. The summed E-state index contributed by atoms with van der Waals surface area (Å²) >= 11 is 1.33. The van der Waals surface area contributed by atoms with Crippen molar-refractivity contribution >= 4 is 17.2 Å². The molecule has 24 heavy (non-hydrogen) atoms. The second-order valence-corrected chi connectivity index (χ2v) is 6.17. The van der Waals surface area contributed by atoms with Gasteiger partial charge < -0.3 is 14.8 Å². The van der Waals surface area contributed by atoms with Gasteiger partial charge in [-0.25, -0.2) is 9.37 Å². The monoisotopic (exact) mass is 346 g/mol. The highest BCUT2D eigenvalue weighted by Gasteiger charge is 2.21. The van der Waals surface area contributed by atoms with E-state index in [1.807, 2.05) is 0 Å². The van der Waals surface area contributed by atoms with Gasteiger partial charge in [-0.3, -0.25) is 4.79 Å². The van der Waals surface area contributed by atoms with Crippen LogP contribution in [0.25, 0.3) is 10.6 Å². The number of carbonyl (C=O) groups excluding carboxylic acids is 1. The normalized spacial score (nSPS) is 13.5. The van der Waals surface area contributed by atoms with Gasteiger partial charge in [0.05, 0.1) is 18.4 Å². The highest BCUT2D eigenvalue weighted by molar-refractivity contribution is 7.13. The summed E-state index contributed by atoms with van der Waals surface area (Å²) in [5.74, 6) is -0.758. The number of nitrogens with zero attached hydrogens (tertiary/aromatic N) is 1. The number of aliphatic hydroxyl groups is 1. The van der Waals surface area contributed by atoms with Crippen molar-refractivity contribution in [1.82, 2.24) is 10.3 Å². The van der Waals surface area contributed by atoms with Gasteiger partial charge in [0.1, 0.15) is 22.8 Å². The highest BCUT2D eigenvalue weighted by atomic mass is 32.1. The molecule has 0 saturated carbocycles. The predicted octanol–water partition coefficient (Wildman–Crippen LogP) is 3.39. The number of benzene rings is 1. The smallest absolute Gasteiger partial charge is 0.271 e. The maximum absolute atomic E-state index is 12.9. The van der Waals surface area contributed by atoms with Gasteiger partial charge in [0.25, 0.3) is 5.91 Å². The van der Waals surface area contributed by atoms with E-state index in [2.05, 4.69) is 10.3 Å². The van der Waals surface area contributed by atoms with Gasteiger partial charge in [-0.15, -0.1) is 11.3 Å². The third kappa shape index (κ3) is 3.52. The molecule has 5 nitrogen and oxygen atoms in total. The quantitative estimate of drug-likeness (QED) is 0.742. The molecule has 0 saturated heterocycles. The predicted molar refractivity (Wildman–Crippen MR) is 88.1 cm³/mol. The molecule has 0 bridgehead atoms. The van der Waals surface area contributed by atoms with E-state index in [0.717, 1.165) is 5.56 Å². The second kappa shape index (κ2) is 6.94. The van der Waals surface area contributed by atoms with Gasteiger partial charge in [-0.1, -0.05) is 12.1 Å². The summed E-state index contributed by atoms with van der Waals surface area (Å²) in [6.07, 6.45) is 2.15. The van der Waals surface area contributed by atoms with Crippen molar-refractivity contribution in [2.45, 2.75) is 19.1 Å². The molecule has 1 aromatic carbocycles. The zero-order valence-electron chi connectivity index (χ0n) is 12.8. The van der Waals surface area contributed by atoms with Gasteiger partial charge in [-0.05, 0) is 30.7 Å². The fraction of sp³-hybridized carbons (Fsp3) is 0.176. The van der Waals surface area contributed by atoms with E-state index in [-0.39, 0.29) is 17.4 Å². The maximum atomic E-state index is 12.9. The number of hydrogen-bond donors (Lipinski definition) is 2. The number of carbonyl (C=O) groups is 1. The number of halogens is 1. The Hall–Kier alpha value is -2.51. The summed E-state index contributed by atoms with van der Waals surface area (Å²) in [6.45, 7) is 1.68. The molecule has 1 amide bonds. The number of aliphatic hydroxyl groups excluding tert-OH is 1. The molecule has 0 aliphatic rings. The minimum absolute atomic E-state index is 0.273. The largest absolute Gasteiger partial charge is 0.472 e. The van der Waals surface area contributed by atoms with Gasteiger partial charge in [0, 0.05) is 10.9 Å². The van der Waals surface area contributed by atoms with Crippen molar-refractivity contribution in [3.05, 3.63) is 65.3 Å². The second-order valence-electron chi connectivity index (χ2n) is 5.31. The first kappa shape index (κ1) is 16.4. The first-order valence-electron chi connectivity index (χ1n) is 7.27. The van der Waals surface area contributed by atoms with Crippen LogP contribution in [0.15, 0.2) is 52.7 Å². The lowest BCUT2D eigenvalue weighted by Gasteiger charge is -2.20. The molecule has 124 valence electrons. The molecule has 0 spiro atoms. The molecule has 2 unspecified atom stereocenters. The van der Waals surface area contributed by atoms with Crippen LogP contribution in [-0.2, 0) is 0 Å². The van der Waals surface area contributed by atoms with E-state index in [1.54, 1.807) is 24.6 Å². The molecule has 0 radical (unpaired) electrons. The number of hydrogen-bond acceptors (Lipinski definition) is 5. The third-order valence-electron chi connectivity index (χ3n) is 3.55. The Morgan fingerprint density at radius 3 is 2.75 bits per heavy atom. The van der Waals surface area contributed by atoms with Crippen LogP contribution in [0.2, 0.25) is 0 Å². The molecule has 0 aliphatic heterocycles. The summed E-state index contributed by atoms with van der Waals surface area (Å²) in [6, 6.07) is 6.73. The Morgan fingerprint density at radius 1 is 1.33 bits per heavy atom. The van der Waals surface area contributed by atoms with E-state index in [0.29, 0.717) is 10.6 Å². The molecular weight excluding hydrogens is 331 g/mol. The summed E-state index contributed by atoms with van der Waals surface area (Å²) in [5.41, 5.74) is 1.61. The van der Waals surface area contributed by atoms with Crippen LogP contribution in [0.3, 0.4) is 0 Å². The zero-order valence-corrected chi connectivity index (χ0v) is 13.6. The van der Waals surface area contributed by atoms with Crippen LogP contribution in [0, 0.1) is 5.82 Å². The van der Waals surface area contributed by atoms with Crippen molar-refractivity contribution in [2.24, 2.45) is 0 Å². The molecule has 0 fully saturated rings. The van der Waals surface area contributed by atoms with E-state index in [1.165, 1.54) is 41.9 Å². The van der Waals surface area contributed by atoms with Crippen LogP contribution < -0.4 is 5.32 Å². The minimum atomic E-state index is -0.943. The van der Waals surface area contributed by atoms with E-state index in [4.69, 9.17) is 4.42 Å². The van der Waals surface area contributed by atoms with Crippen LogP contribution in [0.5, 0.6) is 0 Å². The first-order chi connectivity index (χ1) is 11.5. The van der Waals surface area contributed by atoms with Gasteiger partial charge in [0.15, 0.2) is 0 Å². The van der Waals surface area contributed by atoms with E-state index < -0.39 is 12.1 Å². The Labute approximate surface area is 141 Å². The van der Waals surface area contributed by atoms with Gasteiger partial charge in [0.2, 0.25) is 0 Å². The highest BCUT2D eigenvalue weighted by Crippen LogP contribution is 2.24. The Balaban J connectivity index is 1.66. The number of amides is 1. The summed E-state index contributed by atoms with van der Waals surface area (Å²) in [7, 11) is 0. The molecule has 2 heterocycles. The van der Waals surface area contributed by atoms with Crippen molar-refractivity contribution in [1.29, 1.82) is 0 Å². The Bertz CT molecular complexity index is 815. The summed E-state index contributed by atoms with van der Waals surface area (Å²) in [5, 5.41) is 15.3. The number of thiazole rings is 1. The van der Waals surface area contributed by atoms with Crippen molar-refractivity contribution in [3.63, 3.8) is 0 Å². The molecule has 2 atom stereocenters. The SMILES string of the molecule is CC(NC(=O)c1csc(-c2ccoc2)n1)C(O)c1ccc(F)cc1. The molecule has 2 N–H and O–H groups in total. The average Bonchev–Trinajstić information content (AvgIpc) is 3.26. The standard InChI is InChI=1S/C17H15FN2O3S/c1-10(15(21)11-2-4-13(18)5-3-11)19-16(22)14-9-24-17(20-14)12-6-7-23-8-12/h2-10,15,21H,1H3,(H,19,22). The van der Waals surface area contributed by atoms with Crippen LogP contribution >= 0.6 is 11.3 Å². The molecule has 2 aromatic heterocycles. The summed E-state index contributed by atoms with van der Waals surface area (Å²) in [4.78, 5) is 16.5. The molecule has 0 aliphatic carbocycles. The maximum Gasteiger partial charge on any atom is 0.271 e. The number of furan rings is 1. The fourth-order valence-corrected chi connectivity index (χ4v) is 2.99. The lowest BCUT2D eigenvalue weighted by Crippen LogP contribution is -2.37. The lowest BCUT2D eigenvalue weighted by molar-refractivity contribution is 0.0848. The van der Waals surface area contributed by atoms with Crippen LogP contribution in [-0.4, -0.2) is 22.0 Å². The number of aromatic nitrogens is 1. The van der Waals surface area contributed by atoms with E-state index >= 15 is 0 Å². The fourth-order valence-electron chi connectivity index (χ4n) is 2.21. The minimum Gasteiger partial charge on any atom is -0.472 e. The van der Waals surface area contributed by atoms with Gasteiger partial charge in [-0.2, -0.15) is 0 Å².